The highest BCUT2D eigenvalue weighted by atomic mass is 35.5. The van der Waals surface area contributed by atoms with Crippen LogP contribution in [0.4, 0.5) is 0 Å². The molecule has 13 heavy (non-hydrogen) atoms. The Labute approximate surface area is 87.2 Å². The molecule has 1 nitrogen and oxygen atoms in total. The lowest BCUT2D eigenvalue weighted by Crippen LogP contribution is -3.00. The van der Waals surface area contributed by atoms with Crippen molar-refractivity contribution in [3.63, 3.8) is 0 Å². The van der Waals surface area contributed by atoms with Crippen molar-refractivity contribution in [2.75, 3.05) is 0 Å². The van der Waals surface area contributed by atoms with Gasteiger partial charge in [-0.1, -0.05) is 13.3 Å². The van der Waals surface area contributed by atoms with Crippen LogP contribution in [-0.2, 0) is 6.54 Å². The molecule has 74 valence electrons. The lowest BCUT2D eigenvalue weighted by Gasteiger charge is -1.99. The summed E-state index contributed by atoms with van der Waals surface area (Å²) >= 11 is 0. The van der Waals surface area contributed by atoms with E-state index in [1.165, 1.54) is 24.1 Å². The average molecular weight is 200 g/mol. The first-order chi connectivity index (χ1) is 5.74. The van der Waals surface area contributed by atoms with Gasteiger partial charge in [-0.3, -0.25) is 0 Å². The van der Waals surface area contributed by atoms with Gasteiger partial charge in [0.15, 0.2) is 11.9 Å². The van der Waals surface area contributed by atoms with E-state index >= 15 is 0 Å². The SMILES string of the molecule is CCCC[n+]1ccc(C)cc1C.[Cl-]. The van der Waals surface area contributed by atoms with E-state index in [9.17, 15) is 0 Å². The van der Waals surface area contributed by atoms with Gasteiger partial charge in [0.25, 0.3) is 0 Å². The van der Waals surface area contributed by atoms with Gasteiger partial charge in [-0.05, 0) is 12.5 Å². The highest BCUT2D eigenvalue weighted by Crippen LogP contribution is 1.97. The first-order valence-corrected chi connectivity index (χ1v) is 4.70. The molecule has 0 bridgehead atoms. The first kappa shape index (κ1) is 12.4. The molecule has 1 aromatic heterocycles. The minimum Gasteiger partial charge on any atom is -1.00 e. The molecule has 0 aliphatic rings. The fourth-order valence-electron chi connectivity index (χ4n) is 1.36. The molecular formula is C11H18ClN. The van der Waals surface area contributed by atoms with Gasteiger partial charge >= 0.3 is 0 Å². The number of hydrogen-bond donors (Lipinski definition) is 0. The van der Waals surface area contributed by atoms with Crippen molar-refractivity contribution >= 4 is 0 Å². The molecule has 0 amide bonds. The molecular weight excluding hydrogens is 182 g/mol. The number of nitrogens with zero attached hydrogens (tertiary/aromatic N) is 1. The van der Waals surface area contributed by atoms with E-state index in [1.54, 1.807) is 0 Å². The number of aromatic nitrogens is 1. The van der Waals surface area contributed by atoms with Crippen molar-refractivity contribution in [3.05, 3.63) is 29.6 Å². The molecule has 0 unspecified atom stereocenters. The number of aryl methyl sites for hydroxylation is 3. The third-order valence-corrected chi connectivity index (χ3v) is 2.16. The Morgan fingerprint density at radius 2 is 2.00 bits per heavy atom. The Kier molecular flexibility index (Phi) is 5.72. The molecule has 1 aromatic rings. The van der Waals surface area contributed by atoms with Crippen molar-refractivity contribution in [2.45, 2.75) is 40.2 Å². The Balaban J connectivity index is 0.00000144. The van der Waals surface area contributed by atoms with E-state index in [-0.39, 0.29) is 12.4 Å². The summed E-state index contributed by atoms with van der Waals surface area (Å²) < 4.78 is 2.32. The largest absolute Gasteiger partial charge is 1.00 e. The summed E-state index contributed by atoms with van der Waals surface area (Å²) in [6.45, 7) is 7.69. The second-order valence-electron chi connectivity index (χ2n) is 3.39. The summed E-state index contributed by atoms with van der Waals surface area (Å²) in [5, 5.41) is 0. The van der Waals surface area contributed by atoms with Gasteiger partial charge in [0.05, 0.1) is 0 Å². The number of pyridine rings is 1. The number of halogens is 1. The lowest BCUT2D eigenvalue weighted by atomic mass is 10.2. The maximum Gasteiger partial charge on any atom is 0.178 e. The van der Waals surface area contributed by atoms with Gasteiger partial charge in [-0.25, -0.2) is 4.57 Å². The molecule has 0 N–H and O–H groups in total. The molecule has 1 rings (SSSR count). The number of rotatable bonds is 3. The Morgan fingerprint density at radius 1 is 1.31 bits per heavy atom. The fourth-order valence-corrected chi connectivity index (χ4v) is 1.36. The van der Waals surface area contributed by atoms with Crippen molar-refractivity contribution in [2.24, 2.45) is 0 Å². The molecule has 2 heteroatoms. The highest BCUT2D eigenvalue weighted by Gasteiger charge is 2.03. The quantitative estimate of drug-likeness (QED) is 0.573. The summed E-state index contributed by atoms with van der Waals surface area (Å²) in [4.78, 5) is 0. The normalized spacial score (nSPS) is 9.46. The van der Waals surface area contributed by atoms with Crippen LogP contribution in [0.5, 0.6) is 0 Å². The molecule has 0 fully saturated rings. The monoisotopic (exact) mass is 199 g/mol. The summed E-state index contributed by atoms with van der Waals surface area (Å²) in [6, 6.07) is 4.40. The van der Waals surface area contributed by atoms with Crippen LogP contribution >= 0.6 is 0 Å². The van der Waals surface area contributed by atoms with Crippen LogP contribution in [0, 0.1) is 13.8 Å². The van der Waals surface area contributed by atoms with Crippen LogP contribution in [0.3, 0.4) is 0 Å². The van der Waals surface area contributed by atoms with Crippen molar-refractivity contribution in [3.8, 4) is 0 Å². The highest BCUT2D eigenvalue weighted by molar-refractivity contribution is 5.08. The van der Waals surface area contributed by atoms with E-state index in [4.69, 9.17) is 0 Å². The third-order valence-electron chi connectivity index (χ3n) is 2.16. The standard InChI is InChI=1S/C11H18N.ClH/c1-4-5-7-12-8-6-10(2)9-11(12)3;/h6,8-9H,4-5,7H2,1-3H3;1H/q+1;/p-1. The minimum atomic E-state index is 0. The topological polar surface area (TPSA) is 3.88 Å². The molecule has 0 spiro atoms. The predicted molar refractivity (Wildman–Crippen MR) is 51.0 cm³/mol. The van der Waals surface area contributed by atoms with Crippen LogP contribution in [0.2, 0.25) is 0 Å². The molecule has 1 heterocycles. The molecule has 0 aliphatic carbocycles. The summed E-state index contributed by atoms with van der Waals surface area (Å²) in [6.07, 6.45) is 4.72. The van der Waals surface area contributed by atoms with Gasteiger partial charge in [0, 0.05) is 25.5 Å². The van der Waals surface area contributed by atoms with Gasteiger partial charge in [-0.15, -0.1) is 0 Å². The van der Waals surface area contributed by atoms with Gasteiger partial charge < -0.3 is 12.4 Å². The van der Waals surface area contributed by atoms with Crippen LogP contribution in [0.1, 0.15) is 31.0 Å². The van der Waals surface area contributed by atoms with Gasteiger partial charge in [0.1, 0.15) is 6.54 Å². The van der Waals surface area contributed by atoms with Crippen LogP contribution < -0.4 is 17.0 Å². The zero-order valence-corrected chi connectivity index (χ0v) is 9.43. The zero-order chi connectivity index (χ0) is 8.97. The summed E-state index contributed by atoms with van der Waals surface area (Å²) in [7, 11) is 0. The maximum absolute atomic E-state index is 2.32. The second-order valence-corrected chi connectivity index (χ2v) is 3.39. The Bertz CT molecular complexity index is 258. The van der Waals surface area contributed by atoms with Crippen molar-refractivity contribution < 1.29 is 17.0 Å². The van der Waals surface area contributed by atoms with Gasteiger partial charge in [-0.2, -0.15) is 0 Å². The molecule has 0 radical (unpaired) electrons. The maximum atomic E-state index is 2.32. The van der Waals surface area contributed by atoms with E-state index in [0.29, 0.717) is 0 Å². The van der Waals surface area contributed by atoms with Crippen LogP contribution in [-0.4, -0.2) is 0 Å². The molecule has 0 atom stereocenters. The van der Waals surface area contributed by atoms with E-state index in [2.05, 4.69) is 43.7 Å². The summed E-state index contributed by atoms with van der Waals surface area (Å²) in [5.41, 5.74) is 2.71. The first-order valence-electron chi connectivity index (χ1n) is 4.70. The molecule has 0 saturated carbocycles. The van der Waals surface area contributed by atoms with E-state index < -0.39 is 0 Å². The Hall–Kier alpha value is -0.560. The third kappa shape index (κ3) is 3.77. The van der Waals surface area contributed by atoms with Crippen molar-refractivity contribution in [1.82, 2.24) is 0 Å². The van der Waals surface area contributed by atoms with E-state index in [1.807, 2.05) is 0 Å². The molecule has 0 aromatic carbocycles. The Morgan fingerprint density at radius 3 is 2.54 bits per heavy atom. The lowest BCUT2D eigenvalue weighted by molar-refractivity contribution is -0.703. The zero-order valence-electron chi connectivity index (χ0n) is 8.68. The van der Waals surface area contributed by atoms with E-state index in [0.717, 1.165) is 6.54 Å². The predicted octanol–water partition coefficient (Wildman–Crippen LogP) is -0.605. The minimum absolute atomic E-state index is 0. The second kappa shape index (κ2) is 5.98. The molecule has 0 aliphatic heterocycles. The number of unbranched alkanes of at least 4 members (excludes halogenated alkanes) is 1. The smallest absolute Gasteiger partial charge is 0.178 e. The summed E-state index contributed by atoms with van der Waals surface area (Å²) in [5.74, 6) is 0. The average Bonchev–Trinajstić information content (AvgIpc) is 2.03. The van der Waals surface area contributed by atoms with Gasteiger partial charge in [0.2, 0.25) is 0 Å². The number of hydrogen-bond acceptors (Lipinski definition) is 0. The van der Waals surface area contributed by atoms with Crippen LogP contribution in [0.25, 0.3) is 0 Å². The van der Waals surface area contributed by atoms with Crippen molar-refractivity contribution in [1.29, 1.82) is 0 Å². The molecule has 0 saturated heterocycles. The fraction of sp³-hybridized carbons (Fsp3) is 0.545. The van der Waals surface area contributed by atoms with Crippen LogP contribution in [0.15, 0.2) is 18.3 Å².